The van der Waals surface area contributed by atoms with Crippen LogP contribution < -0.4 is 14.8 Å². The highest BCUT2D eigenvalue weighted by Crippen LogP contribution is 2.17. The lowest BCUT2D eigenvalue weighted by Gasteiger charge is -2.10. The molecule has 162 valence electrons. The maximum atomic E-state index is 12.5. The average Bonchev–Trinajstić information content (AvgIpc) is 2.77. The van der Waals surface area contributed by atoms with Crippen LogP contribution in [0.25, 0.3) is 0 Å². The Bertz CT molecular complexity index is 1110. The van der Waals surface area contributed by atoms with Crippen LogP contribution in [0, 0.1) is 6.92 Å². The first kappa shape index (κ1) is 22.4. The highest BCUT2D eigenvalue weighted by Gasteiger charge is 2.14. The molecule has 0 radical (unpaired) electrons. The van der Waals surface area contributed by atoms with Crippen LogP contribution in [0.5, 0.6) is 5.75 Å². The second kappa shape index (κ2) is 10.1. The van der Waals surface area contributed by atoms with Gasteiger partial charge in [0, 0.05) is 11.3 Å². The molecule has 0 atom stereocenters. The molecule has 3 aromatic carbocycles. The number of carbonyl (C=O) groups excluding carboxylic acids is 1. The second-order valence-corrected chi connectivity index (χ2v) is 8.78. The zero-order chi connectivity index (χ0) is 22.3. The first-order valence-corrected chi connectivity index (χ1v) is 11.5. The van der Waals surface area contributed by atoms with E-state index in [1.54, 1.807) is 48.5 Å². The van der Waals surface area contributed by atoms with Crippen molar-refractivity contribution in [3.63, 3.8) is 0 Å². The van der Waals surface area contributed by atoms with E-state index in [0.717, 1.165) is 17.7 Å². The van der Waals surface area contributed by atoms with Crippen molar-refractivity contribution in [3.8, 4) is 5.75 Å². The van der Waals surface area contributed by atoms with Crippen molar-refractivity contribution < 1.29 is 17.9 Å². The Morgan fingerprint density at radius 1 is 0.903 bits per heavy atom. The third kappa shape index (κ3) is 6.33. The summed E-state index contributed by atoms with van der Waals surface area (Å²) in [5.41, 5.74) is 3.04. The second-order valence-electron chi connectivity index (χ2n) is 7.10. The molecule has 0 saturated carbocycles. The fourth-order valence-electron chi connectivity index (χ4n) is 2.88. The van der Waals surface area contributed by atoms with Gasteiger partial charge in [0.25, 0.3) is 15.9 Å². The number of anilines is 1. The number of ether oxygens (including phenoxy) is 1. The van der Waals surface area contributed by atoms with Crippen molar-refractivity contribution in [3.05, 3.63) is 89.5 Å². The van der Waals surface area contributed by atoms with Crippen LogP contribution in [0.1, 0.15) is 28.4 Å². The summed E-state index contributed by atoms with van der Waals surface area (Å²) in [5, 5.41) is 2.79. The SMILES string of the molecule is CCc1ccc(OCCNC(=O)c2ccc(NS(=O)(=O)c3ccc(C)cc3)cc2)cc1. The van der Waals surface area contributed by atoms with Crippen molar-refractivity contribution in [2.45, 2.75) is 25.2 Å². The Balaban J connectivity index is 1.49. The molecule has 6 nitrogen and oxygen atoms in total. The van der Waals surface area contributed by atoms with Crippen LogP contribution in [-0.2, 0) is 16.4 Å². The monoisotopic (exact) mass is 438 g/mol. The molecule has 7 heteroatoms. The van der Waals surface area contributed by atoms with Gasteiger partial charge in [-0.3, -0.25) is 9.52 Å². The summed E-state index contributed by atoms with van der Waals surface area (Å²) in [5.74, 6) is 0.509. The molecule has 2 N–H and O–H groups in total. The molecule has 0 aliphatic carbocycles. The minimum absolute atomic E-state index is 0.184. The molecule has 0 heterocycles. The van der Waals surface area contributed by atoms with E-state index in [1.165, 1.54) is 5.56 Å². The first-order chi connectivity index (χ1) is 14.9. The number of amides is 1. The Labute approximate surface area is 183 Å². The van der Waals surface area contributed by atoms with Gasteiger partial charge in [0.2, 0.25) is 0 Å². The summed E-state index contributed by atoms with van der Waals surface area (Å²) >= 11 is 0. The fraction of sp³-hybridized carbons (Fsp3) is 0.208. The van der Waals surface area contributed by atoms with Gasteiger partial charge in [0.1, 0.15) is 12.4 Å². The molecule has 0 fully saturated rings. The number of sulfonamides is 1. The minimum Gasteiger partial charge on any atom is -0.492 e. The number of hydrogen-bond donors (Lipinski definition) is 2. The molecule has 3 aromatic rings. The first-order valence-electron chi connectivity index (χ1n) is 10.1. The Morgan fingerprint density at radius 3 is 2.16 bits per heavy atom. The molecule has 0 aromatic heterocycles. The maximum absolute atomic E-state index is 12.5. The van der Waals surface area contributed by atoms with E-state index in [2.05, 4.69) is 17.0 Å². The molecular formula is C24H26N2O4S. The summed E-state index contributed by atoms with van der Waals surface area (Å²) in [6, 6.07) is 20.7. The smallest absolute Gasteiger partial charge is 0.261 e. The summed E-state index contributed by atoms with van der Waals surface area (Å²) in [4.78, 5) is 12.5. The largest absolute Gasteiger partial charge is 0.492 e. The highest BCUT2D eigenvalue weighted by atomic mass is 32.2. The lowest BCUT2D eigenvalue weighted by molar-refractivity contribution is 0.0947. The predicted octanol–water partition coefficient (Wildman–Crippen LogP) is 4.17. The van der Waals surface area contributed by atoms with E-state index in [-0.39, 0.29) is 10.8 Å². The minimum atomic E-state index is -3.68. The van der Waals surface area contributed by atoms with E-state index in [4.69, 9.17) is 4.74 Å². The molecule has 0 unspecified atom stereocenters. The summed E-state index contributed by atoms with van der Waals surface area (Å²) in [6.45, 7) is 4.70. The maximum Gasteiger partial charge on any atom is 0.261 e. The number of benzene rings is 3. The predicted molar refractivity (Wildman–Crippen MR) is 122 cm³/mol. The number of carbonyl (C=O) groups is 1. The molecular weight excluding hydrogens is 412 g/mol. The lowest BCUT2D eigenvalue weighted by Crippen LogP contribution is -2.28. The zero-order valence-corrected chi connectivity index (χ0v) is 18.4. The van der Waals surface area contributed by atoms with Gasteiger partial charge in [-0.25, -0.2) is 8.42 Å². The molecule has 31 heavy (non-hydrogen) atoms. The highest BCUT2D eigenvalue weighted by molar-refractivity contribution is 7.92. The van der Waals surface area contributed by atoms with Crippen molar-refractivity contribution >= 4 is 21.6 Å². The van der Waals surface area contributed by atoms with Crippen LogP contribution in [0.15, 0.2) is 77.7 Å². The van der Waals surface area contributed by atoms with Crippen molar-refractivity contribution in [2.24, 2.45) is 0 Å². The molecule has 0 aliphatic rings. The zero-order valence-electron chi connectivity index (χ0n) is 17.6. The van der Waals surface area contributed by atoms with Crippen molar-refractivity contribution in [2.75, 3.05) is 17.9 Å². The van der Waals surface area contributed by atoms with E-state index in [0.29, 0.717) is 24.4 Å². The normalized spacial score (nSPS) is 11.0. The van der Waals surface area contributed by atoms with E-state index >= 15 is 0 Å². The summed E-state index contributed by atoms with van der Waals surface area (Å²) in [7, 11) is -3.68. The van der Waals surface area contributed by atoms with Crippen LogP contribution in [-0.4, -0.2) is 27.5 Å². The van der Waals surface area contributed by atoms with E-state index in [1.807, 2.05) is 31.2 Å². The molecule has 1 amide bonds. The Kier molecular flexibility index (Phi) is 7.31. The van der Waals surface area contributed by atoms with E-state index < -0.39 is 10.0 Å². The van der Waals surface area contributed by atoms with Crippen molar-refractivity contribution in [1.29, 1.82) is 0 Å². The van der Waals surface area contributed by atoms with Gasteiger partial charge in [-0.2, -0.15) is 0 Å². The van der Waals surface area contributed by atoms with Gasteiger partial charge < -0.3 is 10.1 Å². The van der Waals surface area contributed by atoms with Gasteiger partial charge >= 0.3 is 0 Å². The van der Waals surface area contributed by atoms with Gasteiger partial charge in [0.05, 0.1) is 11.4 Å². The average molecular weight is 439 g/mol. The van der Waals surface area contributed by atoms with Crippen LogP contribution in [0.4, 0.5) is 5.69 Å². The van der Waals surface area contributed by atoms with Gasteiger partial charge in [-0.05, 0) is 67.4 Å². The number of hydrogen-bond acceptors (Lipinski definition) is 4. The fourth-order valence-corrected chi connectivity index (χ4v) is 3.94. The van der Waals surface area contributed by atoms with Gasteiger partial charge in [-0.1, -0.05) is 36.8 Å². The summed E-state index contributed by atoms with van der Waals surface area (Å²) in [6.07, 6.45) is 0.975. The van der Waals surface area contributed by atoms with Crippen LogP contribution in [0.3, 0.4) is 0 Å². The molecule has 0 spiro atoms. The Morgan fingerprint density at radius 2 is 1.55 bits per heavy atom. The van der Waals surface area contributed by atoms with Crippen LogP contribution >= 0.6 is 0 Å². The standard InChI is InChI=1S/C24H26N2O4S/c1-3-19-6-12-22(13-7-19)30-17-16-25-24(27)20-8-10-21(11-9-20)26-31(28,29)23-14-4-18(2)5-15-23/h4-15,26H,3,16-17H2,1-2H3,(H,25,27). The lowest BCUT2D eigenvalue weighted by atomic mass is 10.2. The van der Waals surface area contributed by atoms with Gasteiger partial charge in [0.15, 0.2) is 0 Å². The molecule has 3 rings (SSSR count). The topological polar surface area (TPSA) is 84.5 Å². The molecule has 0 bridgehead atoms. The van der Waals surface area contributed by atoms with Gasteiger partial charge in [-0.15, -0.1) is 0 Å². The van der Waals surface area contributed by atoms with E-state index in [9.17, 15) is 13.2 Å². The number of rotatable bonds is 9. The summed E-state index contributed by atoms with van der Waals surface area (Å²) < 4.78 is 33.1. The Hall–Kier alpha value is -3.32. The number of nitrogens with one attached hydrogen (secondary N) is 2. The molecule has 0 aliphatic heterocycles. The third-order valence-electron chi connectivity index (χ3n) is 4.72. The number of aryl methyl sites for hydroxylation is 2. The van der Waals surface area contributed by atoms with Crippen molar-refractivity contribution in [1.82, 2.24) is 5.32 Å². The van der Waals surface area contributed by atoms with Crippen LogP contribution in [0.2, 0.25) is 0 Å². The quantitative estimate of drug-likeness (QED) is 0.491. The molecule has 0 saturated heterocycles. The third-order valence-corrected chi connectivity index (χ3v) is 6.12.